The van der Waals surface area contributed by atoms with Crippen LogP contribution in [-0.2, 0) is 32.6 Å². The molecule has 7 nitrogen and oxygen atoms in total. The molecular weight excluding hydrogens is 589 g/mol. The number of benzene rings is 4. The SMILES string of the molecule is CCNC(=O)[C@@H](Cc1ccccc1)N(Cc1ccc(F)cc1)C(=O)CN(c1cccc(Cl)c1)S(=O)(=O)c1ccc(C)cc1. The van der Waals surface area contributed by atoms with Crippen molar-refractivity contribution in [2.45, 2.75) is 37.8 Å². The van der Waals surface area contributed by atoms with Crippen molar-refractivity contribution in [3.05, 3.63) is 131 Å². The first-order valence-corrected chi connectivity index (χ1v) is 15.6. The van der Waals surface area contributed by atoms with Crippen LogP contribution in [0.5, 0.6) is 0 Å². The first-order chi connectivity index (χ1) is 20.6. The van der Waals surface area contributed by atoms with Crippen LogP contribution in [0, 0.1) is 12.7 Å². The molecule has 0 aromatic heterocycles. The number of halogens is 2. The summed E-state index contributed by atoms with van der Waals surface area (Å²) in [6, 6.07) is 26.4. The van der Waals surface area contributed by atoms with Gasteiger partial charge in [-0.1, -0.05) is 77.8 Å². The zero-order valence-corrected chi connectivity index (χ0v) is 25.5. The normalized spacial score (nSPS) is 11.9. The van der Waals surface area contributed by atoms with Gasteiger partial charge in [-0.25, -0.2) is 12.8 Å². The number of carbonyl (C=O) groups is 2. The fourth-order valence-electron chi connectivity index (χ4n) is 4.63. The van der Waals surface area contributed by atoms with Crippen molar-refractivity contribution in [1.82, 2.24) is 10.2 Å². The molecule has 0 heterocycles. The van der Waals surface area contributed by atoms with E-state index in [1.165, 1.54) is 47.4 Å². The van der Waals surface area contributed by atoms with Crippen LogP contribution in [0.4, 0.5) is 10.1 Å². The average molecular weight is 622 g/mol. The van der Waals surface area contributed by atoms with E-state index in [2.05, 4.69) is 5.32 Å². The molecule has 1 atom stereocenters. The Hall–Kier alpha value is -4.21. The zero-order chi connectivity index (χ0) is 31.0. The van der Waals surface area contributed by atoms with Crippen molar-refractivity contribution in [3.8, 4) is 0 Å². The number of hydrogen-bond donors (Lipinski definition) is 1. The lowest BCUT2D eigenvalue weighted by Gasteiger charge is -2.34. The van der Waals surface area contributed by atoms with Crippen molar-refractivity contribution in [2.75, 3.05) is 17.4 Å². The second kappa shape index (κ2) is 14.3. The maximum atomic E-state index is 14.3. The Balaban J connectivity index is 1.79. The molecule has 0 fully saturated rings. The summed E-state index contributed by atoms with van der Waals surface area (Å²) in [6.45, 7) is 3.29. The van der Waals surface area contributed by atoms with E-state index in [1.807, 2.05) is 37.3 Å². The molecule has 1 N–H and O–H groups in total. The molecule has 0 bridgehead atoms. The Labute approximate surface area is 257 Å². The summed E-state index contributed by atoms with van der Waals surface area (Å²) < 4.78 is 42.7. The van der Waals surface area contributed by atoms with Gasteiger partial charge in [-0.15, -0.1) is 0 Å². The van der Waals surface area contributed by atoms with Gasteiger partial charge >= 0.3 is 0 Å². The van der Waals surface area contributed by atoms with Gasteiger partial charge in [0.15, 0.2) is 0 Å². The molecule has 0 saturated heterocycles. The Bertz CT molecular complexity index is 1650. The second-order valence-electron chi connectivity index (χ2n) is 10.1. The number of rotatable bonds is 12. The number of likely N-dealkylation sites (N-methyl/N-ethyl adjacent to an activating group) is 1. The number of carbonyl (C=O) groups excluding carboxylic acids is 2. The second-order valence-corrected chi connectivity index (χ2v) is 12.4. The van der Waals surface area contributed by atoms with Crippen LogP contribution < -0.4 is 9.62 Å². The van der Waals surface area contributed by atoms with Crippen LogP contribution in [0.1, 0.15) is 23.6 Å². The predicted molar refractivity (Wildman–Crippen MR) is 167 cm³/mol. The van der Waals surface area contributed by atoms with Gasteiger partial charge < -0.3 is 10.2 Å². The van der Waals surface area contributed by atoms with Gasteiger partial charge in [0.25, 0.3) is 10.0 Å². The number of amides is 2. The van der Waals surface area contributed by atoms with E-state index in [1.54, 1.807) is 37.3 Å². The standard InChI is InChI=1S/C33H33ClFN3O4S/c1-3-36-33(40)31(20-25-8-5-4-6-9-25)37(22-26-14-16-28(35)17-15-26)32(39)23-38(29-11-7-10-27(34)21-29)43(41,42)30-18-12-24(2)13-19-30/h4-19,21,31H,3,20,22-23H2,1-2H3,(H,36,40)/t31-/m1/s1. The van der Waals surface area contributed by atoms with Crippen LogP contribution >= 0.6 is 11.6 Å². The highest BCUT2D eigenvalue weighted by Gasteiger charge is 2.34. The summed E-state index contributed by atoms with van der Waals surface area (Å²) in [7, 11) is -4.23. The molecule has 4 aromatic rings. The van der Waals surface area contributed by atoms with Gasteiger partial charge in [0.05, 0.1) is 10.6 Å². The van der Waals surface area contributed by atoms with Gasteiger partial charge in [-0.2, -0.15) is 0 Å². The highest BCUT2D eigenvalue weighted by Crippen LogP contribution is 2.27. The third-order valence-electron chi connectivity index (χ3n) is 6.87. The lowest BCUT2D eigenvalue weighted by atomic mass is 10.0. The molecule has 0 aliphatic heterocycles. The molecule has 2 amide bonds. The van der Waals surface area contributed by atoms with Crippen molar-refractivity contribution < 1.29 is 22.4 Å². The highest BCUT2D eigenvalue weighted by atomic mass is 35.5. The molecule has 0 spiro atoms. The summed E-state index contributed by atoms with van der Waals surface area (Å²) in [5, 5.41) is 3.10. The summed E-state index contributed by atoms with van der Waals surface area (Å²) in [5.74, 6) is -1.45. The smallest absolute Gasteiger partial charge is 0.264 e. The Kier molecular flexibility index (Phi) is 10.6. The molecule has 224 valence electrons. The fraction of sp³-hybridized carbons (Fsp3) is 0.212. The first kappa shape index (κ1) is 31.7. The summed E-state index contributed by atoms with van der Waals surface area (Å²) in [4.78, 5) is 29.1. The van der Waals surface area contributed by atoms with Crippen LogP contribution in [0.15, 0.2) is 108 Å². The summed E-state index contributed by atoms with van der Waals surface area (Å²) in [5.41, 5.74) is 2.46. The molecule has 4 rings (SSSR count). The molecule has 0 unspecified atom stereocenters. The number of sulfonamides is 1. The third-order valence-corrected chi connectivity index (χ3v) is 8.90. The molecule has 10 heteroatoms. The Morgan fingerprint density at radius 2 is 1.56 bits per heavy atom. The average Bonchev–Trinajstić information content (AvgIpc) is 2.99. The first-order valence-electron chi connectivity index (χ1n) is 13.8. The number of aryl methyl sites for hydroxylation is 1. The fourth-order valence-corrected chi connectivity index (χ4v) is 6.22. The van der Waals surface area contributed by atoms with Crippen LogP contribution in [-0.4, -0.2) is 44.3 Å². The van der Waals surface area contributed by atoms with Gasteiger partial charge in [0.2, 0.25) is 11.8 Å². The molecule has 0 aliphatic rings. The van der Waals surface area contributed by atoms with Crippen LogP contribution in [0.2, 0.25) is 5.02 Å². The number of nitrogens with one attached hydrogen (secondary N) is 1. The molecule has 0 radical (unpaired) electrons. The van der Waals surface area contributed by atoms with Gasteiger partial charge in [0, 0.05) is 24.5 Å². The largest absolute Gasteiger partial charge is 0.355 e. The van der Waals surface area contributed by atoms with Crippen molar-refractivity contribution in [2.24, 2.45) is 0 Å². The molecule has 4 aromatic carbocycles. The van der Waals surface area contributed by atoms with Crippen LogP contribution in [0.25, 0.3) is 0 Å². The molecule has 0 saturated carbocycles. The molecule has 43 heavy (non-hydrogen) atoms. The third kappa shape index (κ3) is 8.21. The van der Waals surface area contributed by atoms with E-state index in [0.29, 0.717) is 17.1 Å². The minimum absolute atomic E-state index is 0.000483. The predicted octanol–water partition coefficient (Wildman–Crippen LogP) is 5.76. The zero-order valence-electron chi connectivity index (χ0n) is 23.9. The van der Waals surface area contributed by atoms with Crippen LogP contribution in [0.3, 0.4) is 0 Å². The maximum Gasteiger partial charge on any atom is 0.264 e. The lowest BCUT2D eigenvalue weighted by Crippen LogP contribution is -2.53. The van der Waals surface area contributed by atoms with Gasteiger partial charge in [-0.3, -0.25) is 13.9 Å². The quantitative estimate of drug-likeness (QED) is 0.218. The van der Waals surface area contributed by atoms with Gasteiger partial charge in [0.1, 0.15) is 18.4 Å². The summed E-state index contributed by atoms with van der Waals surface area (Å²) >= 11 is 6.24. The number of hydrogen-bond acceptors (Lipinski definition) is 4. The van der Waals surface area contributed by atoms with Crippen molar-refractivity contribution in [1.29, 1.82) is 0 Å². The topological polar surface area (TPSA) is 86.8 Å². The van der Waals surface area contributed by atoms with E-state index < -0.39 is 40.2 Å². The van der Waals surface area contributed by atoms with E-state index in [4.69, 9.17) is 11.6 Å². The van der Waals surface area contributed by atoms with Crippen molar-refractivity contribution in [3.63, 3.8) is 0 Å². The highest BCUT2D eigenvalue weighted by molar-refractivity contribution is 7.92. The molecular formula is C33H33ClFN3O4S. The van der Waals surface area contributed by atoms with E-state index in [-0.39, 0.29) is 23.5 Å². The number of anilines is 1. The lowest BCUT2D eigenvalue weighted by molar-refractivity contribution is -0.140. The number of nitrogens with zero attached hydrogens (tertiary/aromatic N) is 2. The van der Waals surface area contributed by atoms with E-state index in [9.17, 15) is 22.4 Å². The molecule has 0 aliphatic carbocycles. The van der Waals surface area contributed by atoms with Crippen molar-refractivity contribution >= 4 is 39.1 Å². The van der Waals surface area contributed by atoms with E-state index >= 15 is 0 Å². The van der Waals surface area contributed by atoms with E-state index in [0.717, 1.165) is 15.4 Å². The Morgan fingerprint density at radius 1 is 0.884 bits per heavy atom. The summed E-state index contributed by atoms with van der Waals surface area (Å²) in [6.07, 6.45) is 0.182. The monoisotopic (exact) mass is 621 g/mol. The minimum Gasteiger partial charge on any atom is -0.355 e. The maximum absolute atomic E-state index is 14.3. The van der Waals surface area contributed by atoms with Gasteiger partial charge in [-0.05, 0) is 67.4 Å². The Morgan fingerprint density at radius 3 is 2.19 bits per heavy atom. The minimum atomic E-state index is -4.23.